The highest BCUT2D eigenvalue weighted by atomic mass is 32.2. The molecular formula is C23H21N5O3S. The molecule has 3 aromatic rings. The summed E-state index contributed by atoms with van der Waals surface area (Å²) in [5, 5.41) is 24.2. The van der Waals surface area contributed by atoms with Gasteiger partial charge >= 0.3 is 0 Å². The monoisotopic (exact) mass is 447 g/mol. The summed E-state index contributed by atoms with van der Waals surface area (Å²) in [6, 6.07) is 12.4. The second-order valence-corrected chi connectivity index (χ2v) is 9.60. The maximum atomic E-state index is 11.7. The highest BCUT2D eigenvalue weighted by Crippen LogP contribution is 2.22. The van der Waals surface area contributed by atoms with Crippen LogP contribution in [0.4, 0.5) is 5.82 Å². The lowest BCUT2D eigenvalue weighted by Gasteiger charge is -2.35. The average molecular weight is 448 g/mol. The van der Waals surface area contributed by atoms with Crippen LogP contribution in [0, 0.1) is 23.2 Å². The quantitative estimate of drug-likeness (QED) is 0.587. The maximum Gasteiger partial charge on any atom is 0.211 e. The van der Waals surface area contributed by atoms with E-state index in [1.807, 2.05) is 12.1 Å². The predicted molar refractivity (Wildman–Crippen MR) is 121 cm³/mol. The number of pyridine rings is 2. The number of β-amino-alcohol motifs (C(OH)–C–C–N with tert-alkyl or cyclic N) is 1. The van der Waals surface area contributed by atoms with E-state index in [0.717, 1.165) is 22.6 Å². The largest absolute Gasteiger partial charge is 0.390 e. The number of sulfonamides is 1. The number of aliphatic hydroxyl groups is 1. The van der Waals surface area contributed by atoms with E-state index in [4.69, 9.17) is 5.26 Å². The molecule has 0 radical (unpaired) electrons. The topological polar surface area (TPSA) is 119 Å². The predicted octanol–water partition coefficient (Wildman–Crippen LogP) is 1.71. The summed E-state index contributed by atoms with van der Waals surface area (Å²) in [6.45, 7) is 0.386. The van der Waals surface area contributed by atoms with Gasteiger partial charge in [-0.3, -0.25) is 0 Å². The van der Waals surface area contributed by atoms with Crippen LogP contribution in [-0.2, 0) is 10.0 Å². The van der Waals surface area contributed by atoms with Crippen LogP contribution < -0.4 is 5.32 Å². The summed E-state index contributed by atoms with van der Waals surface area (Å²) in [7, 11) is -3.33. The Bertz CT molecular complexity index is 1350. The molecule has 2 aromatic heterocycles. The van der Waals surface area contributed by atoms with E-state index in [9.17, 15) is 13.5 Å². The zero-order valence-electron chi connectivity index (χ0n) is 17.4. The third kappa shape index (κ3) is 4.87. The van der Waals surface area contributed by atoms with Crippen LogP contribution in [0.1, 0.15) is 23.2 Å². The Morgan fingerprint density at radius 2 is 1.91 bits per heavy atom. The van der Waals surface area contributed by atoms with Gasteiger partial charge in [0.2, 0.25) is 10.0 Å². The van der Waals surface area contributed by atoms with Crippen LogP contribution >= 0.6 is 0 Å². The van der Waals surface area contributed by atoms with E-state index in [2.05, 4.69) is 33.2 Å². The normalized spacial score (nSPS) is 19.0. The Balaban J connectivity index is 1.57. The minimum atomic E-state index is -3.33. The number of benzene rings is 1. The molecule has 1 aliphatic heterocycles. The number of aliphatic hydroxyl groups excluding tert-OH is 1. The van der Waals surface area contributed by atoms with Crippen molar-refractivity contribution < 1.29 is 13.5 Å². The molecule has 0 unspecified atom stereocenters. The van der Waals surface area contributed by atoms with Crippen molar-refractivity contribution in [1.29, 1.82) is 5.26 Å². The number of anilines is 1. The van der Waals surface area contributed by atoms with Gasteiger partial charge in [0.05, 0.1) is 30.0 Å². The highest BCUT2D eigenvalue weighted by Gasteiger charge is 2.32. The van der Waals surface area contributed by atoms with Crippen LogP contribution in [0.25, 0.3) is 10.8 Å². The lowest BCUT2D eigenvalue weighted by Crippen LogP contribution is -2.51. The second-order valence-electron chi connectivity index (χ2n) is 7.62. The van der Waals surface area contributed by atoms with Gasteiger partial charge in [0.1, 0.15) is 11.5 Å². The van der Waals surface area contributed by atoms with Gasteiger partial charge in [-0.05, 0) is 48.7 Å². The van der Waals surface area contributed by atoms with Gasteiger partial charge in [-0.1, -0.05) is 5.92 Å². The van der Waals surface area contributed by atoms with Gasteiger partial charge < -0.3 is 10.4 Å². The van der Waals surface area contributed by atoms with E-state index >= 15 is 0 Å². The summed E-state index contributed by atoms with van der Waals surface area (Å²) < 4.78 is 24.7. The number of nitriles is 1. The Morgan fingerprint density at radius 3 is 2.59 bits per heavy atom. The minimum Gasteiger partial charge on any atom is -0.390 e. The first-order valence-electron chi connectivity index (χ1n) is 10.00. The minimum absolute atomic E-state index is 0.0486. The number of rotatable bonds is 3. The van der Waals surface area contributed by atoms with E-state index in [-0.39, 0.29) is 12.6 Å². The molecule has 162 valence electrons. The first kappa shape index (κ1) is 21.7. The molecule has 0 amide bonds. The fourth-order valence-electron chi connectivity index (χ4n) is 3.57. The lowest BCUT2D eigenvalue weighted by molar-refractivity contribution is 0.0952. The third-order valence-corrected chi connectivity index (χ3v) is 6.60. The van der Waals surface area contributed by atoms with E-state index in [0.29, 0.717) is 30.0 Å². The van der Waals surface area contributed by atoms with Crippen molar-refractivity contribution >= 4 is 26.6 Å². The molecular weight excluding hydrogens is 426 g/mol. The maximum absolute atomic E-state index is 11.7. The SMILES string of the molecule is CS(=O)(=O)N1CC[C@H](Nc2cc3c(C#Cc4ccc(C#N)cc4)nccc3cn2)[C@H](O)C1. The van der Waals surface area contributed by atoms with Crippen molar-refractivity contribution in [2.75, 3.05) is 24.7 Å². The third-order valence-electron chi connectivity index (χ3n) is 5.33. The molecule has 0 aliphatic carbocycles. The van der Waals surface area contributed by atoms with Crippen LogP contribution in [0.3, 0.4) is 0 Å². The summed E-state index contributed by atoms with van der Waals surface area (Å²) in [5.41, 5.74) is 1.94. The molecule has 1 aliphatic rings. The van der Waals surface area contributed by atoms with Crippen molar-refractivity contribution in [3.05, 3.63) is 65.6 Å². The molecule has 2 atom stereocenters. The standard InChI is InChI=1S/C23H21N5O3S/c1-32(30,31)28-11-9-21(22(29)15-28)27-23-12-19-18(14-26-23)8-10-25-20(19)7-6-16-2-4-17(13-24)5-3-16/h2-5,8,10,12,14,21-22,29H,9,11,15H2,1H3,(H,26,27)/t21-,22+/m0/s1. The van der Waals surface area contributed by atoms with E-state index in [1.165, 1.54) is 4.31 Å². The van der Waals surface area contributed by atoms with Gasteiger partial charge in [0, 0.05) is 41.8 Å². The molecule has 4 rings (SSSR count). The molecule has 1 aromatic carbocycles. The number of hydrogen-bond acceptors (Lipinski definition) is 7. The van der Waals surface area contributed by atoms with Crippen molar-refractivity contribution in [2.24, 2.45) is 0 Å². The highest BCUT2D eigenvalue weighted by molar-refractivity contribution is 7.88. The van der Waals surface area contributed by atoms with Crippen LogP contribution in [0.2, 0.25) is 0 Å². The molecule has 1 fully saturated rings. The number of nitrogens with one attached hydrogen (secondary N) is 1. The molecule has 32 heavy (non-hydrogen) atoms. The smallest absolute Gasteiger partial charge is 0.211 e. The first-order chi connectivity index (χ1) is 15.3. The van der Waals surface area contributed by atoms with Crippen molar-refractivity contribution in [3.63, 3.8) is 0 Å². The van der Waals surface area contributed by atoms with Crippen molar-refractivity contribution in [1.82, 2.24) is 14.3 Å². The molecule has 0 bridgehead atoms. The zero-order valence-corrected chi connectivity index (χ0v) is 18.2. The number of hydrogen-bond donors (Lipinski definition) is 2. The Morgan fingerprint density at radius 1 is 1.16 bits per heavy atom. The number of nitrogens with zero attached hydrogens (tertiary/aromatic N) is 4. The summed E-state index contributed by atoms with van der Waals surface area (Å²) in [4.78, 5) is 8.81. The second kappa shape index (κ2) is 8.93. The Kier molecular flexibility index (Phi) is 6.06. The van der Waals surface area contributed by atoms with Crippen molar-refractivity contribution in [2.45, 2.75) is 18.6 Å². The van der Waals surface area contributed by atoms with Gasteiger partial charge in [-0.2, -0.15) is 9.57 Å². The summed E-state index contributed by atoms with van der Waals surface area (Å²) in [5.74, 6) is 6.71. The van der Waals surface area contributed by atoms with E-state index in [1.54, 1.807) is 36.7 Å². The molecule has 2 N–H and O–H groups in total. The molecule has 0 saturated carbocycles. The summed E-state index contributed by atoms with van der Waals surface area (Å²) >= 11 is 0. The molecule has 9 heteroatoms. The van der Waals surface area contributed by atoms with Gasteiger partial charge in [-0.25, -0.2) is 18.4 Å². The van der Waals surface area contributed by atoms with E-state index < -0.39 is 16.1 Å². The Labute approximate surface area is 186 Å². The number of fused-ring (bicyclic) bond motifs is 1. The van der Waals surface area contributed by atoms with Gasteiger partial charge in [-0.15, -0.1) is 0 Å². The number of piperidine rings is 1. The fourth-order valence-corrected chi connectivity index (χ4v) is 4.43. The summed E-state index contributed by atoms with van der Waals surface area (Å²) in [6.07, 6.45) is 4.15. The van der Waals surface area contributed by atoms with Crippen LogP contribution in [-0.4, -0.2) is 59.3 Å². The Hall–Kier alpha value is -3.50. The van der Waals surface area contributed by atoms with Gasteiger partial charge in [0.15, 0.2) is 0 Å². The first-order valence-corrected chi connectivity index (χ1v) is 11.8. The van der Waals surface area contributed by atoms with Crippen LogP contribution in [0.15, 0.2) is 48.8 Å². The molecule has 1 saturated heterocycles. The average Bonchev–Trinajstić information content (AvgIpc) is 2.78. The van der Waals surface area contributed by atoms with Crippen LogP contribution in [0.5, 0.6) is 0 Å². The number of aromatic nitrogens is 2. The zero-order chi connectivity index (χ0) is 22.7. The fraction of sp³-hybridized carbons (Fsp3) is 0.261. The lowest BCUT2D eigenvalue weighted by atomic mass is 10.0. The molecule has 0 spiro atoms. The molecule has 3 heterocycles. The van der Waals surface area contributed by atoms with Crippen molar-refractivity contribution in [3.8, 4) is 17.9 Å². The van der Waals surface area contributed by atoms with Gasteiger partial charge in [0.25, 0.3) is 0 Å². The molecule has 8 nitrogen and oxygen atoms in total.